The molecule has 25 heavy (non-hydrogen) atoms. The van der Waals surface area contributed by atoms with Crippen molar-refractivity contribution >= 4 is 11.4 Å². The van der Waals surface area contributed by atoms with Crippen LogP contribution < -0.4 is 9.80 Å². The average Bonchev–Trinajstić information content (AvgIpc) is 2.63. The Bertz CT molecular complexity index is 731. The fraction of sp³-hybridized carbons (Fsp3) is 0.174. The first-order valence-electron chi connectivity index (χ1n) is 8.59. The SMILES string of the molecule is [CH2]c1cc(N(C)Cc2ccccc2)cc(N(C)Cc2ccccc2)c1. The van der Waals surface area contributed by atoms with Crippen LogP contribution in [0.25, 0.3) is 0 Å². The van der Waals surface area contributed by atoms with Crippen molar-refractivity contribution in [2.45, 2.75) is 13.1 Å². The smallest absolute Gasteiger partial charge is 0.0426 e. The van der Waals surface area contributed by atoms with E-state index in [0.717, 1.165) is 18.7 Å². The first-order chi connectivity index (χ1) is 12.1. The van der Waals surface area contributed by atoms with Crippen LogP contribution in [0.15, 0.2) is 78.9 Å². The second kappa shape index (κ2) is 7.89. The maximum absolute atomic E-state index is 4.17. The second-order valence-corrected chi connectivity index (χ2v) is 6.54. The van der Waals surface area contributed by atoms with Crippen molar-refractivity contribution in [2.24, 2.45) is 0 Å². The third-order valence-electron chi connectivity index (χ3n) is 4.37. The lowest BCUT2D eigenvalue weighted by Gasteiger charge is -2.25. The van der Waals surface area contributed by atoms with E-state index in [2.05, 4.69) is 110 Å². The number of nitrogens with zero attached hydrogens (tertiary/aromatic N) is 2. The number of benzene rings is 3. The monoisotopic (exact) mass is 329 g/mol. The Morgan fingerprint density at radius 3 is 1.44 bits per heavy atom. The van der Waals surface area contributed by atoms with Crippen LogP contribution in [0.4, 0.5) is 11.4 Å². The molecule has 3 rings (SSSR count). The van der Waals surface area contributed by atoms with Gasteiger partial charge in [-0.25, -0.2) is 0 Å². The molecule has 0 spiro atoms. The summed E-state index contributed by atoms with van der Waals surface area (Å²) in [6.07, 6.45) is 0. The van der Waals surface area contributed by atoms with Crippen molar-refractivity contribution in [1.29, 1.82) is 0 Å². The van der Waals surface area contributed by atoms with Crippen molar-refractivity contribution in [2.75, 3.05) is 23.9 Å². The zero-order valence-electron chi connectivity index (χ0n) is 15.0. The van der Waals surface area contributed by atoms with Crippen molar-refractivity contribution in [3.05, 3.63) is 102 Å². The van der Waals surface area contributed by atoms with Gasteiger partial charge in [0, 0.05) is 38.6 Å². The third kappa shape index (κ3) is 4.63. The third-order valence-corrected chi connectivity index (χ3v) is 4.37. The van der Waals surface area contributed by atoms with E-state index in [9.17, 15) is 0 Å². The quantitative estimate of drug-likeness (QED) is 0.618. The Morgan fingerprint density at radius 2 is 1.04 bits per heavy atom. The van der Waals surface area contributed by atoms with E-state index in [1.54, 1.807) is 0 Å². The highest BCUT2D eigenvalue weighted by molar-refractivity contribution is 5.62. The summed E-state index contributed by atoms with van der Waals surface area (Å²) in [5.74, 6) is 0. The van der Waals surface area contributed by atoms with Crippen LogP contribution in [0.2, 0.25) is 0 Å². The maximum atomic E-state index is 4.17. The van der Waals surface area contributed by atoms with E-state index in [1.807, 2.05) is 0 Å². The van der Waals surface area contributed by atoms with Gasteiger partial charge in [0.2, 0.25) is 0 Å². The van der Waals surface area contributed by atoms with Crippen LogP contribution in [0.1, 0.15) is 16.7 Å². The normalized spacial score (nSPS) is 10.5. The summed E-state index contributed by atoms with van der Waals surface area (Å²) in [5.41, 5.74) is 6.02. The van der Waals surface area contributed by atoms with Crippen molar-refractivity contribution < 1.29 is 0 Å². The summed E-state index contributed by atoms with van der Waals surface area (Å²) in [6.45, 7) is 5.93. The van der Waals surface area contributed by atoms with Crippen LogP contribution in [-0.4, -0.2) is 14.1 Å². The number of anilines is 2. The highest BCUT2D eigenvalue weighted by Gasteiger charge is 2.08. The molecule has 3 aromatic carbocycles. The van der Waals surface area contributed by atoms with Gasteiger partial charge in [0.05, 0.1) is 0 Å². The van der Waals surface area contributed by atoms with Gasteiger partial charge < -0.3 is 9.80 Å². The molecule has 2 nitrogen and oxygen atoms in total. The molecule has 2 heteroatoms. The summed E-state index contributed by atoms with van der Waals surface area (Å²) in [6, 6.07) is 27.6. The summed E-state index contributed by atoms with van der Waals surface area (Å²) in [7, 11) is 4.26. The molecule has 0 fully saturated rings. The standard InChI is InChI=1S/C23H25N2/c1-19-14-22(24(2)17-20-10-6-4-7-11-20)16-23(15-19)25(3)18-21-12-8-5-9-13-21/h4-16H,1,17-18H2,2-3H3. The fourth-order valence-corrected chi connectivity index (χ4v) is 2.99. The molecule has 3 aromatic rings. The molecule has 0 aliphatic heterocycles. The van der Waals surface area contributed by atoms with Gasteiger partial charge >= 0.3 is 0 Å². The minimum atomic E-state index is 0.881. The molecule has 0 saturated carbocycles. The van der Waals surface area contributed by atoms with Crippen molar-refractivity contribution in [3.8, 4) is 0 Å². The van der Waals surface area contributed by atoms with Crippen molar-refractivity contribution in [1.82, 2.24) is 0 Å². The van der Waals surface area contributed by atoms with Gasteiger partial charge in [0.1, 0.15) is 0 Å². The molecule has 0 aliphatic carbocycles. The first kappa shape index (κ1) is 17.1. The molecule has 0 aromatic heterocycles. The number of hydrogen-bond acceptors (Lipinski definition) is 2. The van der Waals surface area contributed by atoms with Gasteiger partial charge in [-0.1, -0.05) is 60.7 Å². The second-order valence-electron chi connectivity index (χ2n) is 6.54. The lowest BCUT2D eigenvalue weighted by atomic mass is 10.1. The summed E-state index contributed by atoms with van der Waals surface area (Å²) >= 11 is 0. The fourth-order valence-electron chi connectivity index (χ4n) is 2.99. The molecule has 0 amide bonds. The van der Waals surface area contributed by atoms with Gasteiger partial charge in [-0.2, -0.15) is 0 Å². The van der Waals surface area contributed by atoms with Crippen LogP contribution in [0.5, 0.6) is 0 Å². The lowest BCUT2D eigenvalue weighted by Crippen LogP contribution is -2.19. The molecular weight excluding hydrogens is 304 g/mol. The Kier molecular flexibility index (Phi) is 5.39. The zero-order valence-corrected chi connectivity index (χ0v) is 15.0. The molecular formula is C23H25N2. The Balaban J connectivity index is 1.77. The molecule has 0 heterocycles. The van der Waals surface area contributed by atoms with Gasteiger partial charge in [-0.3, -0.25) is 0 Å². The first-order valence-corrected chi connectivity index (χ1v) is 8.59. The molecule has 0 atom stereocenters. The van der Waals surface area contributed by atoms with Gasteiger partial charge in [0.15, 0.2) is 0 Å². The maximum Gasteiger partial charge on any atom is 0.0426 e. The van der Waals surface area contributed by atoms with Crippen LogP contribution in [-0.2, 0) is 13.1 Å². The van der Waals surface area contributed by atoms with Crippen LogP contribution in [0.3, 0.4) is 0 Å². The number of hydrogen-bond donors (Lipinski definition) is 0. The highest BCUT2D eigenvalue weighted by Crippen LogP contribution is 2.26. The molecule has 0 saturated heterocycles. The summed E-state index contributed by atoms with van der Waals surface area (Å²) < 4.78 is 0. The van der Waals surface area contributed by atoms with Crippen LogP contribution >= 0.6 is 0 Å². The predicted octanol–water partition coefficient (Wildman–Crippen LogP) is 5.14. The summed E-state index contributed by atoms with van der Waals surface area (Å²) in [5, 5.41) is 0. The average molecular weight is 329 g/mol. The summed E-state index contributed by atoms with van der Waals surface area (Å²) in [4.78, 5) is 4.54. The largest absolute Gasteiger partial charge is 0.370 e. The van der Waals surface area contributed by atoms with E-state index in [-0.39, 0.29) is 0 Å². The molecule has 1 radical (unpaired) electrons. The van der Waals surface area contributed by atoms with E-state index in [4.69, 9.17) is 0 Å². The van der Waals surface area contributed by atoms with Gasteiger partial charge in [0.25, 0.3) is 0 Å². The topological polar surface area (TPSA) is 6.48 Å². The molecule has 0 N–H and O–H groups in total. The Morgan fingerprint density at radius 1 is 0.640 bits per heavy atom. The van der Waals surface area contributed by atoms with E-state index in [1.165, 1.54) is 22.5 Å². The Hall–Kier alpha value is -2.74. The van der Waals surface area contributed by atoms with Crippen LogP contribution in [0, 0.1) is 6.92 Å². The molecule has 0 unspecified atom stereocenters. The van der Waals surface area contributed by atoms with Crippen molar-refractivity contribution in [3.63, 3.8) is 0 Å². The van der Waals surface area contributed by atoms with E-state index in [0.29, 0.717) is 0 Å². The minimum absolute atomic E-state index is 0.881. The Labute approximate surface area is 151 Å². The highest BCUT2D eigenvalue weighted by atomic mass is 15.1. The minimum Gasteiger partial charge on any atom is -0.370 e. The molecule has 0 bridgehead atoms. The van der Waals surface area contributed by atoms with E-state index >= 15 is 0 Å². The van der Waals surface area contributed by atoms with E-state index < -0.39 is 0 Å². The lowest BCUT2D eigenvalue weighted by molar-refractivity contribution is 0.906. The zero-order chi connectivity index (χ0) is 17.6. The van der Waals surface area contributed by atoms with Gasteiger partial charge in [-0.15, -0.1) is 0 Å². The molecule has 0 aliphatic rings. The molecule has 127 valence electrons. The van der Waals surface area contributed by atoms with Gasteiger partial charge in [-0.05, 0) is 41.8 Å². The number of rotatable bonds is 6. The predicted molar refractivity (Wildman–Crippen MR) is 108 cm³/mol.